The fourth-order valence-corrected chi connectivity index (χ4v) is 1.62. The third kappa shape index (κ3) is 1.73. The fourth-order valence-electron chi connectivity index (χ4n) is 1.62. The van der Waals surface area contributed by atoms with Gasteiger partial charge in [-0.15, -0.1) is 0 Å². The summed E-state index contributed by atoms with van der Waals surface area (Å²) in [4.78, 5) is 10.7. The zero-order valence-corrected chi connectivity index (χ0v) is 8.67. The number of aldehydes is 1. The third-order valence-electron chi connectivity index (χ3n) is 2.50. The van der Waals surface area contributed by atoms with Crippen molar-refractivity contribution >= 4 is 6.29 Å². The minimum absolute atomic E-state index is 0.318. The smallest absolute Gasteiger partial charge is 0.190 e. The van der Waals surface area contributed by atoms with Crippen molar-refractivity contribution in [1.29, 1.82) is 0 Å². The van der Waals surface area contributed by atoms with E-state index in [1.807, 2.05) is 0 Å². The molecular weight excluding hydrogens is 211 g/mol. The molecule has 0 spiro atoms. The zero-order chi connectivity index (χ0) is 11.5. The molecule has 0 aromatic heterocycles. The molecule has 2 rings (SSSR count). The number of carbonyl (C=O) groups excluding carboxylic acids is 1. The van der Waals surface area contributed by atoms with Crippen molar-refractivity contribution in [3.63, 3.8) is 0 Å². The van der Waals surface area contributed by atoms with E-state index in [1.165, 1.54) is 11.1 Å². The van der Waals surface area contributed by atoms with Gasteiger partial charge < -0.3 is 0 Å². The molecule has 1 aromatic rings. The van der Waals surface area contributed by atoms with Gasteiger partial charge in [0.05, 0.1) is 6.04 Å². The Labute approximate surface area is 91.9 Å². The lowest BCUT2D eigenvalue weighted by Crippen LogP contribution is -2.38. The Hall–Kier alpha value is -1.98. The highest BCUT2D eigenvalue weighted by Crippen LogP contribution is 2.25. The number of nitrogens with zero attached hydrogens (tertiary/aromatic N) is 3. The van der Waals surface area contributed by atoms with Gasteiger partial charge in [-0.1, -0.05) is 28.6 Å². The van der Waals surface area contributed by atoms with E-state index in [9.17, 15) is 9.18 Å². The maximum absolute atomic E-state index is 13.5. The highest BCUT2D eigenvalue weighted by atomic mass is 19.1. The Morgan fingerprint density at radius 2 is 2.31 bits per heavy atom. The molecule has 6 heteroatoms. The van der Waals surface area contributed by atoms with Crippen molar-refractivity contribution in [1.82, 2.24) is 10.4 Å². The topological polar surface area (TPSA) is 57.1 Å². The Morgan fingerprint density at radius 3 is 3.00 bits per heavy atom. The van der Waals surface area contributed by atoms with Crippen LogP contribution in [-0.4, -0.2) is 17.5 Å². The molecule has 2 atom stereocenters. The first kappa shape index (κ1) is 10.5. The second-order valence-corrected chi connectivity index (χ2v) is 3.48. The van der Waals surface area contributed by atoms with Crippen molar-refractivity contribution in [2.24, 2.45) is 10.4 Å². The monoisotopic (exact) mass is 222 g/mol. The number of halogens is 1. The first-order valence-corrected chi connectivity index (χ1v) is 4.88. The van der Waals surface area contributed by atoms with Crippen molar-refractivity contribution in [3.05, 3.63) is 35.6 Å². The van der Waals surface area contributed by atoms with Crippen LogP contribution in [0, 0.1) is 5.82 Å². The second-order valence-electron chi connectivity index (χ2n) is 3.48. The number of benzene rings is 1. The first-order chi connectivity index (χ1) is 7.74. The largest absolute Gasteiger partial charge is 0.299 e. The van der Waals surface area contributed by atoms with Gasteiger partial charge >= 0.3 is 0 Å². The van der Waals surface area contributed by atoms with Crippen LogP contribution in [0.25, 0.3) is 0 Å². The summed E-state index contributed by atoms with van der Waals surface area (Å²) in [6.45, 7) is 1.76. The molecule has 1 heterocycles. The molecule has 5 nitrogen and oxygen atoms in total. The fraction of sp³-hybridized carbons (Fsp3) is 0.300. The van der Waals surface area contributed by atoms with Crippen LogP contribution in [0.5, 0.6) is 0 Å². The standard InChI is InChI=1S/C10H11FN4O/c1-7(8-4-2-3-5-9(8)11)15-10(6-16)12-13-14-15/h2-7,10H,1H3,(H,12,14). The van der Waals surface area contributed by atoms with E-state index in [0.717, 1.165) is 0 Å². The first-order valence-electron chi connectivity index (χ1n) is 4.88. The summed E-state index contributed by atoms with van der Waals surface area (Å²) in [6.07, 6.45) is 0.0479. The second kappa shape index (κ2) is 4.26. The van der Waals surface area contributed by atoms with Crippen LogP contribution in [0.15, 0.2) is 34.7 Å². The van der Waals surface area contributed by atoms with Crippen LogP contribution in [0.1, 0.15) is 18.5 Å². The van der Waals surface area contributed by atoms with Gasteiger partial charge in [0.25, 0.3) is 0 Å². The molecule has 0 saturated carbocycles. The summed E-state index contributed by atoms with van der Waals surface area (Å²) in [5.74, 6) is -0.318. The Morgan fingerprint density at radius 1 is 1.56 bits per heavy atom. The molecule has 0 amide bonds. The van der Waals surface area contributed by atoms with Gasteiger partial charge in [-0.05, 0) is 13.0 Å². The van der Waals surface area contributed by atoms with E-state index < -0.39 is 6.17 Å². The predicted octanol–water partition coefficient (Wildman–Crippen LogP) is 1.60. The van der Waals surface area contributed by atoms with Crippen LogP contribution in [-0.2, 0) is 4.79 Å². The lowest BCUT2D eigenvalue weighted by atomic mass is 10.1. The van der Waals surface area contributed by atoms with Gasteiger partial charge in [0.1, 0.15) is 5.82 Å². The number of nitrogens with one attached hydrogen (secondary N) is 1. The summed E-state index contributed by atoms with van der Waals surface area (Å²) < 4.78 is 13.5. The molecule has 0 bridgehead atoms. The summed E-state index contributed by atoms with van der Waals surface area (Å²) in [5, 5.41) is 8.72. The van der Waals surface area contributed by atoms with Gasteiger partial charge in [-0.25, -0.2) is 9.40 Å². The van der Waals surface area contributed by atoms with Crippen LogP contribution >= 0.6 is 0 Å². The molecular formula is C10H11FN4O. The number of rotatable bonds is 3. The summed E-state index contributed by atoms with van der Waals surface area (Å²) in [5.41, 5.74) is 3.00. The van der Waals surface area contributed by atoms with Gasteiger partial charge in [0.2, 0.25) is 0 Å². The molecule has 1 aliphatic heterocycles. The van der Waals surface area contributed by atoms with Gasteiger partial charge in [0, 0.05) is 5.56 Å². The van der Waals surface area contributed by atoms with Crippen molar-refractivity contribution in [3.8, 4) is 0 Å². The van der Waals surface area contributed by atoms with Crippen molar-refractivity contribution < 1.29 is 9.18 Å². The minimum atomic E-state index is -0.630. The highest BCUT2D eigenvalue weighted by molar-refractivity contribution is 5.57. The average molecular weight is 222 g/mol. The molecule has 0 fully saturated rings. The highest BCUT2D eigenvalue weighted by Gasteiger charge is 2.28. The molecule has 84 valence electrons. The normalized spacial score (nSPS) is 20.6. The lowest BCUT2D eigenvalue weighted by Gasteiger charge is -2.24. The van der Waals surface area contributed by atoms with Gasteiger partial charge in [-0.3, -0.25) is 10.2 Å². The Kier molecular flexibility index (Phi) is 2.80. The quantitative estimate of drug-likeness (QED) is 0.790. The Balaban J connectivity index is 2.25. The van der Waals surface area contributed by atoms with E-state index in [-0.39, 0.29) is 11.9 Å². The molecule has 0 aliphatic carbocycles. The van der Waals surface area contributed by atoms with Crippen LogP contribution in [0.3, 0.4) is 0 Å². The summed E-state index contributed by atoms with van der Waals surface area (Å²) in [7, 11) is 0. The molecule has 2 unspecified atom stereocenters. The molecule has 1 N–H and O–H groups in total. The SMILES string of the molecule is CC(c1ccccc1F)N1N=NNC1C=O. The van der Waals surface area contributed by atoms with Gasteiger partial charge in [0.15, 0.2) is 12.5 Å². The van der Waals surface area contributed by atoms with Gasteiger partial charge in [-0.2, -0.15) is 0 Å². The van der Waals surface area contributed by atoms with E-state index in [4.69, 9.17) is 0 Å². The molecule has 0 radical (unpaired) electrons. The predicted molar refractivity (Wildman–Crippen MR) is 54.5 cm³/mol. The van der Waals surface area contributed by atoms with E-state index >= 15 is 0 Å². The number of hydrogen-bond donors (Lipinski definition) is 1. The average Bonchev–Trinajstić information content (AvgIpc) is 2.77. The number of carbonyl (C=O) groups is 1. The van der Waals surface area contributed by atoms with Crippen LogP contribution in [0.4, 0.5) is 4.39 Å². The van der Waals surface area contributed by atoms with E-state index in [2.05, 4.69) is 15.9 Å². The zero-order valence-electron chi connectivity index (χ0n) is 8.67. The van der Waals surface area contributed by atoms with Crippen molar-refractivity contribution in [2.45, 2.75) is 19.1 Å². The minimum Gasteiger partial charge on any atom is -0.299 e. The van der Waals surface area contributed by atoms with E-state index in [1.54, 1.807) is 25.1 Å². The van der Waals surface area contributed by atoms with E-state index in [0.29, 0.717) is 11.8 Å². The van der Waals surface area contributed by atoms with Crippen LogP contribution < -0.4 is 5.43 Å². The summed E-state index contributed by atoms with van der Waals surface area (Å²) in [6, 6.07) is 6.05. The molecule has 1 aliphatic rings. The maximum Gasteiger partial charge on any atom is 0.190 e. The molecule has 16 heavy (non-hydrogen) atoms. The molecule has 0 saturated heterocycles. The van der Waals surface area contributed by atoms with Crippen molar-refractivity contribution in [2.75, 3.05) is 0 Å². The van der Waals surface area contributed by atoms with Crippen LogP contribution in [0.2, 0.25) is 0 Å². The lowest BCUT2D eigenvalue weighted by molar-refractivity contribution is -0.113. The molecule has 1 aromatic carbocycles. The maximum atomic E-state index is 13.5. The summed E-state index contributed by atoms with van der Waals surface area (Å²) >= 11 is 0. The Bertz CT molecular complexity index is 423. The number of hydrogen-bond acceptors (Lipinski definition) is 5. The third-order valence-corrected chi connectivity index (χ3v) is 2.50.